The van der Waals surface area contributed by atoms with Crippen molar-refractivity contribution in [2.45, 2.75) is 51.4 Å². The first-order valence-corrected chi connectivity index (χ1v) is 10.3. The molecule has 2 atom stereocenters. The van der Waals surface area contributed by atoms with Gasteiger partial charge in [-0.15, -0.1) is 0 Å². The number of nitriles is 1. The molecule has 8 heteroatoms. The summed E-state index contributed by atoms with van der Waals surface area (Å²) in [5.74, 6) is 1.37. The van der Waals surface area contributed by atoms with E-state index < -0.39 is 18.4 Å². The molecule has 1 aliphatic heterocycles. The summed E-state index contributed by atoms with van der Waals surface area (Å²) in [5.41, 5.74) is 1.80. The maximum absolute atomic E-state index is 13.8. The van der Waals surface area contributed by atoms with Gasteiger partial charge in [-0.3, -0.25) is 0 Å². The molecular weight excluding hydrogens is 397 g/mol. The monoisotopic (exact) mass is 423 g/mol. The molecule has 162 valence electrons. The molecule has 0 bridgehead atoms. The molecule has 1 saturated carbocycles. The average molecular weight is 423 g/mol. The van der Waals surface area contributed by atoms with Gasteiger partial charge in [0.2, 0.25) is 0 Å². The first kappa shape index (κ1) is 21.1. The van der Waals surface area contributed by atoms with Gasteiger partial charge in [-0.25, -0.2) is 14.4 Å². The molecule has 0 spiro atoms. The van der Waals surface area contributed by atoms with E-state index in [0.29, 0.717) is 40.6 Å². The number of fused-ring (bicyclic) bond motifs is 1. The Labute approximate surface area is 180 Å². The summed E-state index contributed by atoms with van der Waals surface area (Å²) in [6, 6.07) is 7.70. The van der Waals surface area contributed by atoms with Gasteiger partial charge in [0.1, 0.15) is 23.7 Å². The number of hydrogen-bond acceptors (Lipinski definition) is 7. The molecule has 31 heavy (non-hydrogen) atoms. The van der Waals surface area contributed by atoms with Gasteiger partial charge in [-0.1, -0.05) is 12.1 Å². The highest BCUT2D eigenvalue weighted by atomic mass is 19.1. The lowest BCUT2D eigenvalue weighted by molar-refractivity contribution is 0.0250. The fourth-order valence-electron chi connectivity index (χ4n) is 4.19. The Hall–Kier alpha value is -3.18. The van der Waals surface area contributed by atoms with E-state index in [1.165, 1.54) is 7.11 Å². The topological polar surface area (TPSA) is 94.3 Å². The third kappa shape index (κ3) is 3.49. The summed E-state index contributed by atoms with van der Waals surface area (Å²) in [6.45, 7) is 5.13. The van der Waals surface area contributed by atoms with Gasteiger partial charge in [0, 0.05) is 6.20 Å². The molecule has 1 aromatic heterocycles. The highest BCUT2D eigenvalue weighted by Crippen LogP contribution is 2.44. The van der Waals surface area contributed by atoms with Crippen LogP contribution in [-0.2, 0) is 4.74 Å². The number of ether oxygens (including phenoxy) is 1. The van der Waals surface area contributed by atoms with Crippen LogP contribution in [0.25, 0.3) is 12.0 Å². The van der Waals surface area contributed by atoms with Crippen LogP contribution in [0.4, 0.5) is 10.2 Å². The van der Waals surface area contributed by atoms with Crippen LogP contribution in [0.1, 0.15) is 48.3 Å². The highest BCUT2D eigenvalue weighted by Gasteiger charge is 2.51. The van der Waals surface area contributed by atoms with E-state index in [1.807, 2.05) is 26.0 Å². The van der Waals surface area contributed by atoms with E-state index in [4.69, 9.17) is 4.74 Å². The van der Waals surface area contributed by atoms with E-state index >= 15 is 0 Å². The molecule has 1 unspecified atom stereocenters. The van der Waals surface area contributed by atoms with Crippen molar-refractivity contribution >= 4 is 17.8 Å². The van der Waals surface area contributed by atoms with Crippen molar-refractivity contribution < 1.29 is 14.2 Å². The van der Waals surface area contributed by atoms with Crippen LogP contribution in [0.5, 0.6) is 0 Å². The lowest BCUT2D eigenvalue weighted by Gasteiger charge is -2.36. The predicted octanol–water partition coefficient (Wildman–Crippen LogP) is 1.77. The van der Waals surface area contributed by atoms with Crippen LogP contribution in [0.3, 0.4) is 0 Å². The van der Waals surface area contributed by atoms with Gasteiger partial charge in [0.15, 0.2) is 12.0 Å². The number of aliphatic hydroxyl groups is 1. The Morgan fingerprint density at radius 1 is 1.39 bits per heavy atom. The molecule has 1 aromatic carbocycles. The fourth-order valence-corrected chi connectivity index (χ4v) is 4.19. The molecule has 4 rings (SSSR count). The van der Waals surface area contributed by atoms with E-state index in [9.17, 15) is 14.8 Å². The van der Waals surface area contributed by atoms with Crippen LogP contribution in [0, 0.1) is 25.2 Å². The molecule has 7 nitrogen and oxygen atoms in total. The molecule has 1 aliphatic carbocycles. The first-order chi connectivity index (χ1) is 14.8. The Kier molecular flexibility index (Phi) is 5.31. The van der Waals surface area contributed by atoms with Crippen molar-refractivity contribution in [1.29, 1.82) is 5.26 Å². The smallest absolute Gasteiger partial charge is 0.188 e. The molecule has 0 radical (unpaired) electrons. The molecule has 2 N–H and O–H groups in total. The molecule has 2 aromatic rings. The SMILES string of the molecule is COC1=c2nc(C)nc(N[C@H](C)c3cccc(C#N)c3C)c2=CN(C2(CF)CC2)C1O. The quantitative estimate of drug-likeness (QED) is 0.731. The summed E-state index contributed by atoms with van der Waals surface area (Å²) >= 11 is 0. The van der Waals surface area contributed by atoms with Gasteiger partial charge >= 0.3 is 0 Å². The van der Waals surface area contributed by atoms with Crippen LogP contribution < -0.4 is 15.9 Å². The third-order valence-corrected chi connectivity index (χ3v) is 6.22. The number of aryl methyl sites for hydroxylation is 1. The second-order valence-electron chi connectivity index (χ2n) is 8.22. The lowest BCUT2D eigenvalue weighted by Crippen LogP contribution is -2.53. The van der Waals surface area contributed by atoms with E-state index in [1.54, 1.807) is 24.1 Å². The standard InChI is InChI=1S/C23H26FN5O2/c1-13-16(10-25)6-5-7-17(13)14(2)26-21-18-11-29(23(12-24)8-9-23)22(30)20(31-4)19(18)27-15(3)28-21/h5-7,11,14,22,30H,8-9,12H2,1-4H3,(H,26,27,28)/t14-,22?/m1/s1. The van der Waals surface area contributed by atoms with Crippen molar-refractivity contribution in [2.75, 3.05) is 19.1 Å². The summed E-state index contributed by atoms with van der Waals surface area (Å²) in [4.78, 5) is 10.7. The number of aromatic nitrogens is 2. The fraction of sp³-hybridized carbons (Fsp3) is 0.435. The average Bonchev–Trinajstić information content (AvgIpc) is 3.54. The van der Waals surface area contributed by atoms with Crippen LogP contribution in [0.2, 0.25) is 0 Å². The number of benzene rings is 1. The van der Waals surface area contributed by atoms with Crippen LogP contribution in [0.15, 0.2) is 18.2 Å². The number of nitrogens with zero attached hydrogens (tertiary/aromatic N) is 4. The number of aliphatic hydroxyl groups excluding tert-OH is 1. The van der Waals surface area contributed by atoms with Gasteiger partial charge in [0.25, 0.3) is 0 Å². The number of hydrogen-bond donors (Lipinski definition) is 2. The highest BCUT2D eigenvalue weighted by molar-refractivity contribution is 5.55. The van der Waals surface area contributed by atoms with Crippen molar-refractivity contribution in [2.24, 2.45) is 0 Å². The molecule has 0 amide bonds. The molecule has 2 heterocycles. The Bertz CT molecular complexity index is 1190. The number of nitrogens with one attached hydrogen (secondary N) is 1. The third-order valence-electron chi connectivity index (χ3n) is 6.22. The molecule has 1 fully saturated rings. The van der Waals surface area contributed by atoms with Crippen molar-refractivity contribution in [1.82, 2.24) is 14.9 Å². The Morgan fingerprint density at radius 2 is 2.13 bits per heavy atom. The summed E-state index contributed by atoms with van der Waals surface area (Å²) in [7, 11) is 1.48. The minimum atomic E-state index is -1.11. The first-order valence-electron chi connectivity index (χ1n) is 10.3. The minimum Gasteiger partial charge on any atom is -0.494 e. The lowest BCUT2D eigenvalue weighted by atomic mass is 9.98. The van der Waals surface area contributed by atoms with Crippen molar-refractivity contribution in [3.63, 3.8) is 0 Å². The summed E-state index contributed by atoms with van der Waals surface area (Å²) in [5, 5.41) is 24.8. The minimum absolute atomic E-state index is 0.151. The van der Waals surface area contributed by atoms with E-state index in [2.05, 4.69) is 21.4 Å². The molecule has 2 aliphatic rings. The number of anilines is 1. The Balaban J connectivity index is 1.84. The largest absolute Gasteiger partial charge is 0.494 e. The normalized spacial score (nSPS) is 19.7. The maximum atomic E-state index is 13.8. The second kappa shape index (κ2) is 7.82. The van der Waals surface area contributed by atoms with Gasteiger partial charge in [-0.2, -0.15) is 5.26 Å². The number of halogens is 1. The zero-order valence-electron chi connectivity index (χ0n) is 18.1. The number of rotatable bonds is 6. The molecular formula is C23H26FN5O2. The van der Waals surface area contributed by atoms with E-state index in [0.717, 1.165) is 11.1 Å². The zero-order chi connectivity index (χ0) is 22.3. The number of alkyl halides is 1. The van der Waals surface area contributed by atoms with Gasteiger partial charge in [0.05, 0.1) is 35.5 Å². The predicted molar refractivity (Wildman–Crippen MR) is 115 cm³/mol. The van der Waals surface area contributed by atoms with Crippen molar-refractivity contribution in [3.8, 4) is 6.07 Å². The zero-order valence-corrected chi connectivity index (χ0v) is 18.1. The second-order valence-corrected chi connectivity index (χ2v) is 8.22. The Morgan fingerprint density at radius 3 is 2.74 bits per heavy atom. The summed E-state index contributed by atoms with van der Waals surface area (Å²) < 4.78 is 19.3. The van der Waals surface area contributed by atoms with Crippen LogP contribution in [-0.4, -0.2) is 45.5 Å². The van der Waals surface area contributed by atoms with E-state index in [-0.39, 0.29) is 11.8 Å². The van der Waals surface area contributed by atoms with Crippen LogP contribution >= 0.6 is 0 Å². The maximum Gasteiger partial charge on any atom is 0.188 e. The molecule has 0 saturated heterocycles. The van der Waals surface area contributed by atoms with Gasteiger partial charge < -0.3 is 20.1 Å². The summed E-state index contributed by atoms with van der Waals surface area (Å²) in [6.07, 6.45) is 1.96. The number of methoxy groups -OCH3 is 1. The van der Waals surface area contributed by atoms with Crippen molar-refractivity contribution in [3.05, 3.63) is 51.3 Å². The van der Waals surface area contributed by atoms with Gasteiger partial charge in [-0.05, 0) is 50.8 Å².